The molecule has 1 heterocycles. The lowest BCUT2D eigenvalue weighted by Crippen LogP contribution is -2.40. The molecule has 2 N–H and O–H groups in total. The fourth-order valence-corrected chi connectivity index (χ4v) is 2.30. The standard InChI is InChI=1S/C13H25N3/c1-5-13(6-2,9-14)16-10-15-8-12(16)7-11(3)4/h8,10-11H,5-7,9,14H2,1-4H3. The van der Waals surface area contributed by atoms with Crippen LogP contribution < -0.4 is 5.73 Å². The zero-order valence-corrected chi connectivity index (χ0v) is 11.0. The molecule has 3 nitrogen and oxygen atoms in total. The maximum atomic E-state index is 5.97. The molecule has 1 rings (SSSR count). The van der Waals surface area contributed by atoms with Gasteiger partial charge >= 0.3 is 0 Å². The van der Waals surface area contributed by atoms with E-state index in [0.717, 1.165) is 19.3 Å². The molecule has 0 aliphatic rings. The van der Waals surface area contributed by atoms with E-state index in [0.29, 0.717) is 12.5 Å². The molecule has 0 aliphatic carbocycles. The van der Waals surface area contributed by atoms with E-state index in [2.05, 4.69) is 37.2 Å². The van der Waals surface area contributed by atoms with Crippen molar-refractivity contribution in [1.82, 2.24) is 9.55 Å². The second-order valence-electron chi connectivity index (χ2n) is 4.99. The molecule has 0 fully saturated rings. The predicted octanol–water partition coefficient (Wildman–Crippen LogP) is 2.56. The first kappa shape index (κ1) is 13.2. The predicted molar refractivity (Wildman–Crippen MR) is 68.4 cm³/mol. The van der Waals surface area contributed by atoms with E-state index in [1.54, 1.807) is 0 Å². The van der Waals surface area contributed by atoms with Crippen molar-refractivity contribution < 1.29 is 0 Å². The molecular formula is C13H25N3. The molecule has 0 unspecified atom stereocenters. The molecular weight excluding hydrogens is 198 g/mol. The average Bonchev–Trinajstić information content (AvgIpc) is 2.70. The Morgan fingerprint density at radius 1 is 1.38 bits per heavy atom. The van der Waals surface area contributed by atoms with E-state index in [1.807, 2.05) is 12.5 Å². The largest absolute Gasteiger partial charge is 0.328 e. The van der Waals surface area contributed by atoms with Crippen LogP contribution in [-0.2, 0) is 12.0 Å². The van der Waals surface area contributed by atoms with Gasteiger partial charge in [-0.05, 0) is 25.2 Å². The van der Waals surface area contributed by atoms with Gasteiger partial charge in [0.05, 0.1) is 11.9 Å². The molecule has 1 aromatic heterocycles. The van der Waals surface area contributed by atoms with Gasteiger partial charge in [0.1, 0.15) is 0 Å². The van der Waals surface area contributed by atoms with Gasteiger partial charge < -0.3 is 10.3 Å². The Labute approximate surface area is 99.1 Å². The van der Waals surface area contributed by atoms with Crippen molar-refractivity contribution in [3.63, 3.8) is 0 Å². The summed E-state index contributed by atoms with van der Waals surface area (Å²) < 4.78 is 2.30. The molecule has 0 saturated heterocycles. The van der Waals surface area contributed by atoms with E-state index in [-0.39, 0.29) is 5.54 Å². The fourth-order valence-electron chi connectivity index (χ4n) is 2.30. The van der Waals surface area contributed by atoms with Crippen LogP contribution in [0.15, 0.2) is 12.5 Å². The van der Waals surface area contributed by atoms with Gasteiger partial charge in [-0.3, -0.25) is 0 Å². The minimum absolute atomic E-state index is 0.0563. The summed E-state index contributed by atoms with van der Waals surface area (Å²) in [5, 5.41) is 0. The van der Waals surface area contributed by atoms with E-state index in [9.17, 15) is 0 Å². The SMILES string of the molecule is CCC(CC)(CN)n1cncc1CC(C)C. The van der Waals surface area contributed by atoms with Crippen molar-refractivity contribution >= 4 is 0 Å². The maximum absolute atomic E-state index is 5.97. The third-order valence-electron chi connectivity index (χ3n) is 3.54. The van der Waals surface area contributed by atoms with Crippen molar-refractivity contribution in [2.75, 3.05) is 6.54 Å². The number of hydrogen-bond donors (Lipinski definition) is 1. The Kier molecular flexibility index (Phi) is 4.54. The highest BCUT2D eigenvalue weighted by molar-refractivity contribution is 5.05. The Bertz CT molecular complexity index is 302. The summed E-state index contributed by atoms with van der Waals surface area (Å²) in [6.07, 6.45) is 7.11. The summed E-state index contributed by atoms with van der Waals surface area (Å²) in [4.78, 5) is 4.29. The van der Waals surface area contributed by atoms with Crippen molar-refractivity contribution in [2.24, 2.45) is 11.7 Å². The lowest BCUT2D eigenvalue weighted by Gasteiger charge is -2.34. The summed E-state index contributed by atoms with van der Waals surface area (Å²) in [5.74, 6) is 0.652. The zero-order chi connectivity index (χ0) is 12.2. The smallest absolute Gasteiger partial charge is 0.0953 e. The molecule has 0 atom stereocenters. The van der Waals surface area contributed by atoms with Gasteiger partial charge in [0, 0.05) is 18.4 Å². The number of rotatable bonds is 6. The minimum Gasteiger partial charge on any atom is -0.328 e. The van der Waals surface area contributed by atoms with Crippen LogP contribution in [0.25, 0.3) is 0 Å². The molecule has 0 saturated carbocycles. The van der Waals surface area contributed by atoms with Gasteiger partial charge in [0.2, 0.25) is 0 Å². The number of nitrogens with zero attached hydrogens (tertiary/aromatic N) is 2. The van der Waals surface area contributed by atoms with Crippen molar-refractivity contribution in [1.29, 1.82) is 0 Å². The average molecular weight is 223 g/mol. The molecule has 0 bridgehead atoms. The van der Waals surface area contributed by atoms with Crippen molar-refractivity contribution in [3.8, 4) is 0 Å². The summed E-state index contributed by atoms with van der Waals surface area (Å²) >= 11 is 0. The van der Waals surface area contributed by atoms with Gasteiger partial charge in [0.15, 0.2) is 0 Å². The van der Waals surface area contributed by atoms with Crippen LogP contribution in [0.5, 0.6) is 0 Å². The summed E-state index contributed by atoms with van der Waals surface area (Å²) in [6, 6.07) is 0. The van der Waals surface area contributed by atoms with Crippen LogP contribution in [-0.4, -0.2) is 16.1 Å². The third kappa shape index (κ3) is 2.46. The molecule has 0 aliphatic heterocycles. The van der Waals surface area contributed by atoms with Crippen molar-refractivity contribution in [3.05, 3.63) is 18.2 Å². The Morgan fingerprint density at radius 3 is 2.44 bits per heavy atom. The van der Waals surface area contributed by atoms with Gasteiger partial charge in [0.25, 0.3) is 0 Å². The summed E-state index contributed by atoms with van der Waals surface area (Å²) in [6.45, 7) is 9.56. The Balaban J connectivity index is 3.05. The van der Waals surface area contributed by atoms with Crippen molar-refractivity contribution in [2.45, 2.75) is 52.5 Å². The van der Waals surface area contributed by atoms with E-state index in [1.165, 1.54) is 5.69 Å². The maximum Gasteiger partial charge on any atom is 0.0953 e. The molecule has 0 amide bonds. The molecule has 1 aromatic rings. The molecule has 3 heteroatoms. The third-order valence-corrected chi connectivity index (χ3v) is 3.54. The Hall–Kier alpha value is -0.830. The highest BCUT2D eigenvalue weighted by atomic mass is 15.1. The van der Waals surface area contributed by atoms with Gasteiger partial charge in [-0.1, -0.05) is 27.7 Å². The zero-order valence-electron chi connectivity index (χ0n) is 11.0. The van der Waals surface area contributed by atoms with E-state index in [4.69, 9.17) is 5.73 Å². The van der Waals surface area contributed by atoms with Crippen LogP contribution in [0.4, 0.5) is 0 Å². The van der Waals surface area contributed by atoms with Crippen LogP contribution in [0.2, 0.25) is 0 Å². The first-order chi connectivity index (χ1) is 7.59. The normalized spacial score (nSPS) is 12.4. The molecule has 92 valence electrons. The van der Waals surface area contributed by atoms with Gasteiger partial charge in [-0.2, -0.15) is 0 Å². The summed E-state index contributed by atoms with van der Waals surface area (Å²) in [5.41, 5.74) is 7.34. The topological polar surface area (TPSA) is 43.8 Å². The van der Waals surface area contributed by atoms with Gasteiger partial charge in [-0.15, -0.1) is 0 Å². The minimum atomic E-state index is 0.0563. The highest BCUT2D eigenvalue weighted by Gasteiger charge is 2.28. The first-order valence-electron chi connectivity index (χ1n) is 6.31. The van der Waals surface area contributed by atoms with E-state index < -0.39 is 0 Å². The van der Waals surface area contributed by atoms with Crippen LogP contribution in [0.1, 0.15) is 46.2 Å². The molecule has 0 radical (unpaired) electrons. The number of aromatic nitrogens is 2. The summed E-state index contributed by atoms with van der Waals surface area (Å²) in [7, 11) is 0. The second-order valence-corrected chi connectivity index (χ2v) is 4.99. The quantitative estimate of drug-likeness (QED) is 0.805. The van der Waals surface area contributed by atoms with E-state index >= 15 is 0 Å². The van der Waals surface area contributed by atoms with Gasteiger partial charge in [-0.25, -0.2) is 4.98 Å². The second kappa shape index (κ2) is 5.48. The number of nitrogens with two attached hydrogens (primary N) is 1. The fraction of sp³-hybridized carbons (Fsp3) is 0.769. The van der Waals surface area contributed by atoms with Crippen LogP contribution in [0, 0.1) is 5.92 Å². The molecule has 16 heavy (non-hydrogen) atoms. The lowest BCUT2D eigenvalue weighted by atomic mass is 9.91. The van der Waals surface area contributed by atoms with Crippen LogP contribution in [0.3, 0.4) is 0 Å². The molecule has 0 spiro atoms. The number of imidazole rings is 1. The highest BCUT2D eigenvalue weighted by Crippen LogP contribution is 2.26. The number of hydrogen-bond acceptors (Lipinski definition) is 2. The Morgan fingerprint density at radius 2 is 2.00 bits per heavy atom. The first-order valence-corrected chi connectivity index (χ1v) is 6.31. The lowest BCUT2D eigenvalue weighted by molar-refractivity contribution is 0.262. The van der Waals surface area contributed by atoms with Crippen LogP contribution >= 0.6 is 0 Å². The monoisotopic (exact) mass is 223 g/mol. The molecule has 0 aromatic carbocycles.